The number of hydrogen-bond donors (Lipinski definition) is 2. The van der Waals surface area contributed by atoms with Crippen LogP contribution < -0.4 is 0 Å². The van der Waals surface area contributed by atoms with Crippen molar-refractivity contribution in [2.45, 2.75) is 89.3 Å². The van der Waals surface area contributed by atoms with Crippen molar-refractivity contribution in [2.75, 3.05) is 13.2 Å². The Bertz CT molecular complexity index is 398. The molecule has 0 aliphatic heterocycles. The minimum atomic E-state index is -0.254. The first-order chi connectivity index (χ1) is 12.5. The smallest absolute Gasteiger partial charge is 0.305 e. The maximum absolute atomic E-state index is 11.8. The summed E-state index contributed by atoms with van der Waals surface area (Å²) in [5.74, 6) is 0.0937. The van der Waals surface area contributed by atoms with E-state index in [9.17, 15) is 19.8 Å². The third kappa shape index (κ3) is 8.49. The first kappa shape index (κ1) is 21.2. The van der Waals surface area contributed by atoms with Crippen molar-refractivity contribution < 1.29 is 29.3 Å². The van der Waals surface area contributed by atoms with Gasteiger partial charge in [-0.1, -0.05) is 12.8 Å². The molecule has 0 spiro atoms. The van der Waals surface area contributed by atoms with Gasteiger partial charge in [0.1, 0.15) is 0 Å². The fourth-order valence-corrected chi connectivity index (χ4v) is 3.93. The molecule has 0 aromatic heterocycles. The van der Waals surface area contributed by atoms with Crippen LogP contribution in [0, 0.1) is 11.8 Å². The Kier molecular flexibility index (Phi) is 9.40. The molecule has 2 rings (SSSR count). The summed E-state index contributed by atoms with van der Waals surface area (Å²) in [6.07, 6.45) is 8.49. The quantitative estimate of drug-likeness (QED) is 0.479. The van der Waals surface area contributed by atoms with Crippen molar-refractivity contribution in [1.82, 2.24) is 0 Å². The van der Waals surface area contributed by atoms with E-state index in [1.54, 1.807) is 0 Å². The van der Waals surface area contributed by atoms with Crippen LogP contribution in [0.4, 0.5) is 0 Å². The van der Waals surface area contributed by atoms with Crippen molar-refractivity contribution in [2.24, 2.45) is 11.8 Å². The summed E-state index contributed by atoms with van der Waals surface area (Å²) in [6, 6.07) is 0. The van der Waals surface area contributed by atoms with Gasteiger partial charge in [0.15, 0.2) is 0 Å². The fraction of sp³-hybridized carbons (Fsp3) is 0.900. The van der Waals surface area contributed by atoms with Crippen molar-refractivity contribution in [3.8, 4) is 0 Å². The number of aliphatic hydroxyl groups excluding tert-OH is 2. The molecule has 0 aromatic rings. The lowest BCUT2D eigenvalue weighted by atomic mass is 9.88. The Morgan fingerprint density at radius 2 is 1.15 bits per heavy atom. The number of aliphatic hydroxyl groups is 2. The largest absolute Gasteiger partial charge is 0.465 e. The normalized spacial score (nSPS) is 29.2. The summed E-state index contributed by atoms with van der Waals surface area (Å²) in [7, 11) is 0. The molecule has 26 heavy (non-hydrogen) atoms. The molecule has 2 aliphatic rings. The average molecular weight is 370 g/mol. The molecule has 6 heteroatoms. The van der Waals surface area contributed by atoms with Gasteiger partial charge in [0.2, 0.25) is 0 Å². The number of carbonyl (C=O) groups excluding carboxylic acids is 2. The number of hydrogen-bond acceptors (Lipinski definition) is 6. The molecule has 2 fully saturated rings. The molecule has 4 unspecified atom stereocenters. The first-order valence-electron chi connectivity index (χ1n) is 10.2. The van der Waals surface area contributed by atoms with Gasteiger partial charge in [0.05, 0.1) is 25.4 Å². The molecule has 0 aromatic carbocycles. The second kappa shape index (κ2) is 11.5. The van der Waals surface area contributed by atoms with E-state index >= 15 is 0 Å². The molecule has 2 aliphatic carbocycles. The minimum absolute atomic E-state index is 0.227. The third-order valence-electron chi connectivity index (χ3n) is 5.48. The van der Waals surface area contributed by atoms with E-state index < -0.39 is 0 Å². The van der Waals surface area contributed by atoms with Crippen molar-refractivity contribution in [1.29, 1.82) is 0 Å². The molecule has 0 saturated heterocycles. The van der Waals surface area contributed by atoms with E-state index in [0.717, 1.165) is 51.4 Å². The molecule has 2 saturated carbocycles. The predicted octanol–water partition coefficient (Wildman–Crippen LogP) is 2.74. The van der Waals surface area contributed by atoms with Crippen molar-refractivity contribution in [3.05, 3.63) is 0 Å². The maximum atomic E-state index is 11.8. The molecule has 150 valence electrons. The lowest BCUT2D eigenvalue weighted by molar-refractivity contribution is -0.148. The van der Waals surface area contributed by atoms with E-state index in [1.165, 1.54) is 0 Å². The number of carbonyl (C=O) groups is 2. The second-order valence-electron chi connectivity index (χ2n) is 7.95. The lowest BCUT2D eigenvalue weighted by Crippen LogP contribution is -2.24. The molecular formula is C20H34O6. The van der Waals surface area contributed by atoms with E-state index in [1.807, 2.05) is 0 Å². The van der Waals surface area contributed by atoms with Gasteiger partial charge in [0.25, 0.3) is 0 Å². The maximum Gasteiger partial charge on any atom is 0.305 e. The summed E-state index contributed by atoms with van der Waals surface area (Å²) in [6.45, 7) is 0.788. The van der Waals surface area contributed by atoms with Gasteiger partial charge in [0, 0.05) is 12.8 Å². The highest BCUT2D eigenvalue weighted by molar-refractivity contribution is 5.70. The Morgan fingerprint density at radius 1 is 0.731 bits per heavy atom. The topological polar surface area (TPSA) is 93.1 Å². The lowest BCUT2D eigenvalue weighted by Gasteiger charge is -2.25. The molecule has 0 radical (unpaired) electrons. The molecule has 2 N–H and O–H groups in total. The van der Waals surface area contributed by atoms with Crippen LogP contribution in [0.1, 0.15) is 77.0 Å². The third-order valence-corrected chi connectivity index (χ3v) is 5.48. The van der Waals surface area contributed by atoms with Crippen molar-refractivity contribution in [3.63, 3.8) is 0 Å². The van der Waals surface area contributed by atoms with Crippen LogP contribution >= 0.6 is 0 Å². The summed E-state index contributed by atoms with van der Waals surface area (Å²) < 4.78 is 10.6. The molecular weight excluding hydrogens is 336 g/mol. The van der Waals surface area contributed by atoms with Gasteiger partial charge >= 0.3 is 11.9 Å². The highest BCUT2D eigenvalue weighted by Crippen LogP contribution is 2.25. The highest BCUT2D eigenvalue weighted by Gasteiger charge is 2.22. The van der Waals surface area contributed by atoms with E-state index in [0.29, 0.717) is 38.9 Å². The zero-order chi connectivity index (χ0) is 18.8. The number of unbranched alkanes of at least 4 members (excludes halogenated alkanes) is 1. The number of ether oxygens (including phenoxy) is 2. The van der Waals surface area contributed by atoms with Crippen LogP contribution in [-0.2, 0) is 19.1 Å². The molecule has 0 heterocycles. The second-order valence-corrected chi connectivity index (χ2v) is 7.95. The fourth-order valence-electron chi connectivity index (χ4n) is 3.93. The zero-order valence-corrected chi connectivity index (χ0v) is 15.7. The monoisotopic (exact) mass is 370 g/mol. The van der Waals surface area contributed by atoms with E-state index in [-0.39, 0.29) is 36.0 Å². The van der Waals surface area contributed by atoms with Crippen LogP contribution in [0.5, 0.6) is 0 Å². The number of rotatable bonds is 9. The van der Waals surface area contributed by atoms with Gasteiger partial charge in [-0.25, -0.2) is 0 Å². The SMILES string of the molecule is O=C(CCCCC(=O)OCC1CCCC(O)C1)OCC1CCCC(O)C1. The van der Waals surface area contributed by atoms with Crippen LogP contribution in [-0.4, -0.2) is 47.6 Å². The minimum Gasteiger partial charge on any atom is -0.465 e. The molecule has 0 amide bonds. The van der Waals surface area contributed by atoms with Crippen LogP contribution in [0.2, 0.25) is 0 Å². The number of esters is 2. The van der Waals surface area contributed by atoms with Crippen LogP contribution in [0.15, 0.2) is 0 Å². The Hall–Kier alpha value is -1.14. The molecule has 6 nitrogen and oxygen atoms in total. The highest BCUT2D eigenvalue weighted by atomic mass is 16.5. The molecule has 4 atom stereocenters. The summed E-state index contributed by atoms with van der Waals surface area (Å²) in [4.78, 5) is 23.5. The van der Waals surface area contributed by atoms with Gasteiger partial charge in [-0.2, -0.15) is 0 Å². The summed E-state index contributed by atoms with van der Waals surface area (Å²) in [5.41, 5.74) is 0. The summed E-state index contributed by atoms with van der Waals surface area (Å²) >= 11 is 0. The average Bonchev–Trinajstić information content (AvgIpc) is 2.62. The summed E-state index contributed by atoms with van der Waals surface area (Å²) in [5, 5.41) is 19.2. The van der Waals surface area contributed by atoms with Gasteiger partial charge in [-0.3, -0.25) is 9.59 Å². The molecule has 0 bridgehead atoms. The van der Waals surface area contributed by atoms with Crippen molar-refractivity contribution >= 4 is 11.9 Å². The van der Waals surface area contributed by atoms with E-state index in [2.05, 4.69) is 0 Å². The standard InChI is InChI=1S/C20H34O6/c21-17-7-3-5-15(11-17)13-25-19(23)9-1-2-10-20(24)26-14-16-6-4-8-18(22)12-16/h15-18,21-22H,1-14H2. The first-order valence-corrected chi connectivity index (χ1v) is 10.2. The van der Waals surface area contributed by atoms with Gasteiger partial charge in [-0.05, 0) is 63.2 Å². The van der Waals surface area contributed by atoms with Gasteiger partial charge < -0.3 is 19.7 Å². The Morgan fingerprint density at radius 3 is 1.54 bits per heavy atom. The Balaban J connectivity index is 1.46. The zero-order valence-electron chi connectivity index (χ0n) is 15.7. The van der Waals surface area contributed by atoms with Crippen LogP contribution in [0.3, 0.4) is 0 Å². The van der Waals surface area contributed by atoms with Gasteiger partial charge in [-0.15, -0.1) is 0 Å². The predicted molar refractivity (Wildman–Crippen MR) is 96.3 cm³/mol. The van der Waals surface area contributed by atoms with E-state index in [4.69, 9.17) is 9.47 Å². The van der Waals surface area contributed by atoms with Crippen LogP contribution in [0.25, 0.3) is 0 Å². The Labute approximate surface area is 156 Å².